The van der Waals surface area contributed by atoms with Gasteiger partial charge in [-0.25, -0.2) is 0 Å². The summed E-state index contributed by atoms with van der Waals surface area (Å²) in [6.45, 7) is 41.3. The third-order valence-electron chi connectivity index (χ3n) is 6.59. The van der Waals surface area contributed by atoms with E-state index in [1.54, 1.807) is 0 Å². The van der Waals surface area contributed by atoms with Crippen molar-refractivity contribution >= 4 is 0 Å². The number of rotatable bonds is 6. The molecule has 0 radical (unpaired) electrons. The zero-order valence-electron chi connectivity index (χ0n) is 34.0. The second kappa shape index (κ2) is 16.7. The van der Waals surface area contributed by atoms with Crippen molar-refractivity contribution in [2.75, 3.05) is 0 Å². The number of hydrogen-bond donors (Lipinski definition) is 0. The Labute approximate surface area is 291 Å². The molecule has 3 aromatic heterocycles. The average molecular weight is 648 g/mol. The standard InChI is InChI=1S/2C15H25N.C12H23N3/c1-14(2,3)8-12-7-13(11-16-10-12)9-15(4,5)6;1-14(2,3)9-12-7-8-13(16-11-12)10-15(4,5)6;1-11(2,3)7-10-8-15(14-13-10)9-12(4,5)6/h7,10-11H,8-9H2,1-6H3;7-8,11H,9-10H2,1-6H3;8H,7,9H2,1-6H3. The Hall–Kier alpha value is -2.56. The maximum atomic E-state index is 4.55. The summed E-state index contributed by atoms with van der Waals surface area (Å²) in [5.74, 6) is 0. The highest BCUT2D eigenvalue weighted by Gasteiger charge is 2.18. The molecule has 0 spiro atoms. The van der Waals surface area contributed by atoms with Gasteiger partial charge in [-0.3, -0.25) is 14.6 Å². The summed E-state index contributed by atoms with van der Waals surface area (Å²) in [5.41, 5.74) is 8.20. The van der Waals surface area contributed by atoms with Crippen LogP contribution >= 0.6 is 0 Å². The monoisotopic (exact) mass is 648 g/mol. The minimum Gasteiger partial charge on any atom is -0.264 e. The van der Waals surface area contributed by atoms with Crippen LogP contribution in [0.3, 0.4) is 0 Å². The van der Waals surface area contributed by atoms with Crippen LogP contribution < -0.4 is 0 Å². The van der Waals surface area contributed by atoms with Crippen LogP contribution in [0.4, 0.5) is 0 Å². The van der Waals surface area contributed by atoms with Gasteiger partial charge in [0.05, 0.1) is 5.69 Å². The second-order valence-corrected chi connectivity index (χ2v) is 21.0. The van der Waals surface area contributed by atoms with Crippen molar-refractivity contribution in [3.05, 3.63) is 71.1 Å². The summed E-state index contributed by atoms with van der Waals surface area (Å²) in [6, 6.07) is 6.70. The fourth-order valence-corrected chi connectivity index (χ4v) is 5.31. The van der Waals surface area contributed by atoms with Gasteiger partial charge in [0.15, 0.2) is 0 Å². The molecule has 0 unspecified atom stereocenters. The van der Waals surface area contributed by atoms with Crippen molar-refractivity contribution in [1.29, 1.82) is 0 Å². The first kappa shape index (κ1) is 42.5. The SMILES string of the molecule is CC(C)(C)Cc1ccc(CC(C)(C)C)nc1.CC(C)(C)Cc1cn(CC(C)(C)C)nn1.CC(C)(C)Cc1cncc(CC(C)(C)C)c1. The molecule has 0 saturated heterocycles. The largest absolute Gasteiger partial charge is 0.264 e. The number of pyridine rings is 2. The lowest BCUT2D eigenvalue weighted by Crippen LogP contribution is -2.15. The number of hydrogen-bond acceptors (Lipinski definition) is 4. The summed E-state index contributed by atoms with van der Waals surface area (Å²) in [4.78, 5) is 8.90. The molecule has 0 aliphatic carbocycles. The lowest BCUT2D eigenvalue weighted by Gasteiger charge is -2.20. The first-order valence-electron chi connectivity index (χ1n) is 17.7. The van der Waals surface area contributed by atoms with Crippen molar-refractivity contribution in [1.82, 2.24) is 25.0 Å². The van der Waals surface area contributed by atoms with Crippen LogP contribution in [0.2, 0.25) is 0 Å². The van der Waals surface area contributed by atoms with Gasteiger partial charge in [-0.05, 0) is 87.4 Å². The molecule has 0 aromatic carbocycles. The van der Waals surface area contributed by atoms with Gasteiger partial charge in [0.1, 0.15) is 0 Å². The van der Waals surface area contributed by atoms with E-state index in [2.05, 4.69) is 169 Å². The van der Waals surface area contributed by atoms with Crippen LogP contribution in [0.15, 0.2) is 43.0 Å². The first-order chi connectivity index (χ1) is 21.0. The van der Waals surface area contributed by atoms with Gasteiger partial charge < -0.3 is 0 Å². The van der Waals surface area contributed by atoms with Crippen LogP contribution in [0.1, 0.15) is 153 Å². The van der Waals surface area contributed by atoms with E-state index >= 15 is 0 Å². The van der Waals surface area contributed by atoms with Gasteiger partial charge >= 0.3 is 0 Å². The Morgan fingerprint density at radius 2 is 0.894 bits per heavy atom. The molecular weight excluding hydrogens is 574 g/mol. The van der Waals surface area contributed by atoms with Crippen LogP contribution in [-0.4, -0.2) is 25.0 Å². The van der Waals surface area contributed by atoms with Crippen LogP contribution in [-0.2, 0) is 38.6 Å². The Balaban J connectivity index is 0.000000353. The predicted molar refractivity (Wildman–Crippen MR) is 204 cm³/mol. The molecule has 3 heterocycles. The maximum Gasteiger partial charge on any atom is 0.0832 e. The molecular formula is C42H73N5. The Kier molecular flexibility index (Phi) is 15.1. The fourth-order valence-electron chi connectivity index (χ4n) is 5.31. The van der Waals surface area contributed by atoms with E-state index in [0.29, 0.717) is 21.7 Å². The molecule has 0 aliphatic heterocycles. The van der Waals surface area contributed by atoms with Gasteiger partial charge in [-0.15, -0.1) is 5.10 Å². The minimum atomic E-state index is 0.257. The highest BCUT2D eigenvalue weighted by atomic mass is 15.4. The van der Waals surface area contributed by atoms with Gasteiger partial charge in [0.2, 0.25) is 0 Å². The summed E-state index contributed by atoms with van der Waals surface area (Å²) in [7, 11) is 0. The lowest BCUT2D eigenvalue weighted by molar-refractivity contribution is 0.321. The van der Waals surface area contributed by atoms with Gasteiger partial charge in [0.25, 0.3) is 0 Å². The quantitative estimate of drug-likeness (QED) is 0.267. The molecule has 0 N–H and O–H groups in total. The molecule has 0 aliphatic rings. The number of aromatic nitrogens is 5. The van der Waals surface area contributed by atoms with Gasteiger partial charge in [-0.2, -0.15) is 0 Å². The molecule has 47 heavy (non-hydrogen) atoms. The van der Waals surface area contributed by atoms with Crippen molar-refractivity contribution in [2.24, 2.45) is 32.5 Å². The lowest BCUT2D eigenvalue weighted by atomic mass is 9.86. The zero-order valence-corrected chi connectivity index (χ0v) is 34.0. The molecule has 0 fully saturated rings. The Bertz CT molecular complexity index is 1210. The summed E-state index contributed by atoms with van der Waals surface area (Å²) in [5, 5.41) is 8.35. The van der Waals surface area contributed by atoms with E-state index in [1.807, 2.05) is 23.3 Å². The summed E-state index contributed by atoms with van der Waals surface area (Å²) >= 11 is 0. The maximum absolute atomic E-state index is 4.55. The molecule has 3 aromatic rings. The third kappa shape index (κ3) is 23.4. The smallest absolute Gasteiger partial charge is 0.0832 e. The third-order valence-corrected chi connectivity index (χ3v) is 6.59. The molecule has 5 nitrogen and oxygen atoms in total. The van der Waals surface area contributed by atoms with E-state index < -0.39 is 0 Å². The highest BCUT2D eigenvalue weighted by molar-refractivity contribution is 5.20. The summed E-state index contributed by atoms with van der Waals surface area (Å²) in [6.07, 6.45) is 13.4. The molecule has 0 bridgehead atoms. The Morgan fingerprint density at radius 1 is 0.468 bits per heavy atom. The van der Waals surface area contributed by atoms with Gasteiger partial charge in [0, 0.05) is 37.0 Å². The van der Waals surface area contributed by atoms with Gasteiger partial charge in [-0.1, -0.05) is 142 Å². The fraction of sp³-hybridized carbons (Fsp3) is 0.714. The summed E-state index contributed by atoms with van der Waals surface area (Å²) < 4.78 is 1.95. The number of nitrogens with zero attached hydrogens (tertiary/aromatic N) is 5. The van der Waals surface area contributed by atoms with Crippen LogP contribution in [0.25, 0.3) is 0 Å². The molecule has 3 rings (SSSR count). The Morgan fingerprint density at radius 3 is 1.28 bits per heavy atom. The highest BCUT2D eigenvalue weighted by Crippen LogP contribution is 2.25. The van der Waals surface area contributed by atoms with E-state index in [4.69, 9.17) is 0 Å². The minimum absolute atomic E-state index is 0.257. The van der Waals surface area contributed by atoms with Crippen LogP contribution in [0.5, 0.6) is 0 Å². The molecule has 0 atom stereocenters. The second-order valence-electron chi connectivity index (χ2n) is 21.0. The van der Waals surface area contributed by atoms with Crippen molar-refractivity contribution < 1.29 is 0 Å². The zero-order chi connectivity index (χ0) is 36.5. The molecule has 5 heteroatoms. The van der Waals surface area contributed by atoms with E-state index in [-0.39, 0.29) is 10.8 Å². The normalized spacial score (nSPS) is 13.0. The van der Waals surface area contributed by atoms with E-state index in [9.17, 15) is 0 Å². The molecule has 266 valence electrons. The van der Waals surface area contributed by atoms with Crippen molar-refractivity contribution in [3.8, 4) is 0 Å². The average Bonchev–Trinajstić information content (AvgIpc) is 3.20. The molecule has 0 amide bonds. The van der Waals surface area contributed by atoms with E-state index in [1.165, 1.54) is 22.4 Å². The van der Waals surface area contributed by atoms with Crippen LogP contribution in [0, 0.1) is 32.5 Å². The first-order valence-corrected chi connectivity index (χ1v) is 17.7. The predicted octanol–water partition coefficient (Wildman–Crippen LogP) is 11.4. The van der Waals surface area contributed by atoms with Crippen molar-refractivity contribution in [3.63, 3.8) is 0 Å². The van der Waals surface area contributed by atoms with E-state index in [0.717, 1.165) is 44.3 Å². The van der Waals surface area contributed by atoms with Crippen molar-refractivity contribution in [2.45, 2.75) is 163 Å². The molecule has 0 saturated carbocycles. The topological polar surface area (TPSA) is 56.5 Å².